The summed E-state index contributed by atoms with van der Waals surface area (Å²) in [4.78, 5) is 52.3. The highest BCUT2D eigenvalue weighted by molar-refractivity contribution is 6.24. The first-order chi connectivity index (χ1) is 17.9. The van der Waals surface area contributed by atoms with Gasteiger partial charge in [-0.2, -0.15) is 0 Å². The first-order valence-electron chi connectivity index (χ1n) is 12.2. The van der Waals surface area contributed by atoms with Crippen LogP contribution in [0.1, 0.15) is 30.4 Å². The number of phenols is 1. The van der Waals surface area contributed by atoms with Crippen LogP contribution in [0.4, 0.5) is 10.1 Å². The van der Waals surface area contributed by atoms with Gasteiger partial charge in [0.15, 0.2) is 17.1 Å². The number of aliphatic hydroxyl groups excluding tert-OH is 2. The summed E-state index contributed by atoms with van der Waals surface area (Å²) < 4.78 is 15.2. The summed E-state index contributed by atoms with van der Waals surface area (Å²) in [5.41, 5.74) is 5.90. The minimum Gasteiger partial charge on any atom is -0.508 e. The Kier molecular flexibility index (Phi) is 6.04. The largest absolute Gasteiger partial charge is 0.508 e. The average molecular weight is 531 g/mol. The van der Waals surface area contributed by atoms with Gasteiger partial charge in [0.1, 0.15) is 22.9 Å². The van der Waals surface area contributed by atoms with Crippen molar-refractivity contribution in [3.8, 4) is 5.75 Å². The van der Waals surface area contributed by atoms with E-state index >= 15 is 4.39 Å². The SMILES string of the molecule is NC(=O)C1=C(O)[C@@]2(O)C(=O)C3=C(O)c4c(O)c(NC(=O)CN5CCCC5)cc(F)c4C[C@H]3C[C@H]2[C@@H](N)C1=O. The van der Waals surface area contributed by atoms with Gasteiger partial charge in [-0.3, -0.25) is 24.1 Å². The number of rotatable bonds is 4. The number of hydrogen-bond donors (Lipinski definition) is 7. The zero-order valence-electron chi connectivity index (χ0n) is 20.2. The summed E-state index contributed by atoms with van der Waals surface area (Å²) in [5, 5.41) is 46.4. The molecule has 0 unspecified atom stereocenters. The maximum absolute atomic E-state index is 15.2. The molecule has 12 nitrogen and oxygen atoms in total. The molecule has 1 aliphatic heterocycles. The Morgan fingerprint density at radius 2 is 1.84 bits per heavy atom. The number of Topliss-reactive ketones (excluding diaryl/α,β-unsaturated/α-hetero) is 2. The number of nitrogens with one attached hydrogen (secondary N) is 1. The summed E-state index contributed by atoms with van der Waals surface area (Å²) in [7, 11) is 0. The zero-order valence-corrected chi connectivity index (χ0v) is 20.2. The zero-order chi connectivity index (χ0) is 27.7. The Hall–Kier alpha value is -3.81. The van der Waals surface area contributed by atoms with E-state index in [4.69, 9.17) is 11.5 Å². The van der Waals surface area contributed by atoms with E-state index in [-0.39, 0.29) is 30.6 Å². The maximum Gasteiger partial charge on any atom is 0.255 e. The van der Waals surface area contributed by atoms with Crippen molar-refractivity contribution in [2.24, 2.45) is 23.3 Å². The van der Waals surface area contributed by atoms with Crippen LogP contribution in [0, 0.1) is 17.7 Å². The predicted molar refractivity (Wildman–Crippen MR) is 129 cm³/mol. The number of fused-ring (bicyclic) bond motifs is 3. The van der Waals surface area contributed by atoms with Crippen molar-refractivity contribution in [2.45, 2.75) is 37.3 Å². The van der Waals surface area contributed by atoms with E-state index in [0.717, 1.165) is 32.0 Å². The van der Waals surface area contributed by atoms with Crippen molar-refractivity contribution in [1.29, 1.82) is 0 Å². The molecule has 1 aromatic rings. The second-order valence-corrected chi connectivity index (χ2v) is 10.2. The molecule has 202 valence electrons. The van der Waals surface area contributed by atoms with Crippen LogP contribution in [0.3, 0.4) is 0 Å². The number of aromatic hydroxyl groups is 1. The lowest BCUT2D eigenvalue weighted by atomic mass is 9.58. The summed E-state index contributed by atoms with van der Waals surface area (Å²) in [6, 6.07) is -0.669. The molecule has 1 saturated carbocycles. The number of amides is 2. The number of carbonyl (C=O) groups excluding carboxylic acids is 4. The van der Waals surface area contributed by atoms with Gasteiger partial charge in [0.25, 0.3) is 5.91 Å². The van der Waals surface area contributed by atoms with Gasteiger partial charge in [-0.15, -0.1) is 0 Å². The van der Waals surface area contributed by atoms with E-state index in [1.165, 1.54) is 0 Å². The third-order valence-electron chi connectivity index (χ3n) is 8.04. The number of nitrogens with two attached hydrogens (primary N) is 2. The Morgan fingerprint density at radius 3 is 2.47 bits per heavy atom. The molecule has 9 N–H and O–H groups in total. The Balaban J connectivity index is 1.58. The van der Waals surface area contributed by atoms with Crippen molar-refractivity contribution in [2.75, 3.05) is 25.0 Å². The van der Waals surface area contributed by atoms with E-state index in [1.54, 1.807) is 0 Å². The highest BCUT2D eigenvalue weighted by Gasteiger charge is 2.63. The van der Waals surface area contributed by atoms with Crippen LogP contribution < -0.4 is 16.8 Å². The quantitative estimate of drug-likeness (QED) is 0.196. The van der Waals surface area contributed by atoms with E-state index in [1.807, 2.05) is 4.90 Å². The topological polar surface area (TPSA) is 217 Å². The highest BCUT2D eigenvalue weighted by Crippen LogP contribution is 2.52. The molecule has 0 bridgehead atoms. The minimum atomic E-state index is -2.86. The minimum absolute atomic E-state index is 0.0208. The number of primary amides is 1. The molecule has 1 heterocycles. The molecular formula is C25H27FN4O8. The molecule has 2 fully saturated rings. The van der Waals surface area contributed by atoms with Gasteiger partial charge in [0.2, 0.25) is 11.7 Å². The van der Waals surface area contributed by atoms with Crippen LogP contribution in [0.2, 0.25) is 0 Å². The smallest absolute Gasteiger partial charge is 0.255 e. The van der Waals surface area contributed by atoms with Crippen molar-refractivity contribution in [3.05, 3.63) is 39.9 Å². The second-order valence-electron chi connectivity index (χ2n) is 10.2. The number of likely N-dealkylation sites (tertiary alicyclic amines) is 1. The van der Waals surface area contributed by atoms with Gasteiger partial charge < -0.3 is 37.2 Å². The fraction of sp³-hybridized carbons (Fsp3) is 0.440. The van der Waals surface area contributed by atoms with E-state index in [0.29, 0.717) is 0 Å². The Bertz CT molecular complexity index is 1370. The number of phenolic OH excluding ortho intramolecular Hbond substituents is 1. The number of anilines is 1. The Morgan fingerprint density at radius 1 is 1.18 bits per heavy atom. The molecule has 3 aliphatic carbocycles. The first-order valence-corrected chi connectivity index (χ1v) is 12.2. The first kappa shape index (κ1) is 25.8. The monoisotopic (exact) mass is 530 g/mol. The third-order valence-corrected chi connectivity index (χ3v) is 8.04. The molecule has 4 atom stereocenters. The van der Waals surface area contributed by atoms with Crippen LogP contribution >= 0.6 is 0 Å². The molecule has 13 heteroatoms. The van der Waals surface area contributed by atoms with Crippen LogP contribution in [0.15, 0.2) is 23.0 Å². The average Bonchev–Trinajstić information content (AvgIpc) is 3.35. The fourth-order valence-corrected chi connectivity index (χ4v) is 6.17. The molecule has 2 amide bonds. The van der Waals surface area contributed by atoms with E-state index in [9.17, 15) is 39.6 Å². The molecular weight excluding hydrogens is 503 g/mol. The van der Waals surface area contributed by atoms with Gasteiger partial charge in [-0.1, -0.05) is 0 Å². The summed E-state index contributed by atoms with van der Waals surface area (Å²) in [6.45, 7) is 1.48. The number of aliphatic hydroxyl groups is 3. The summed E-state index contributed by atoms with van der Waals surface area (Å²) >= 11 is 0. The lowest BCUT2D eigenvalue weighted by Crippen LogP contribution is -2.65. The van der Waals surface area contributed by atoms with Gasteiger partial charge in [-0.05, 0) is 44.7 Å². The van der Waals surface area contributed by atoms with E-state index < -0.39 is 86.7 Å². The molecule has 5 rings (SSSR count). The van der Waals surface area contributed by atoms with Crippen molar-refractivity contribution < 1.29 is 44.0 Å². The predicted octanol–water partition coefficient (Wildman–Crippen LogP) is -0.465. The van der Waals surface area contributed by atoms with Crippen LogP contribution in [0.25, 0.3) is 5.76 Å². The highest BCUT2D eigenvalue weighted by atomic mass is 19.1. The summed E-state index contributed by atoms with van der Waals surface area (Å²) in [5.74, 6) is -10.2. The fourth-order valence-electron chi connectivity index (χ4n) is 6.17. The molecule has 0 aromatic heterocycles. The van der Waals surface area contributed by atoms with Crippen molar-refractivity contribution >= 4 is 34.8 Å². The number of nitrogens with zero attached hydrogens (tertiary/aromatic N) is 1. The number of halogens is 1. The van der Waals surface area contributed by atoms with Gasteiger partial charge >= 0.3 is 0 Å². The van der Waals surface area contributed by atoms with Gasteiger partial charge in [0.05, 0.1) is 23.8 Å². The molecule has 0 radical (unpaired) electrons. The number of benzene rings is 1. The number of carbonyl (C=O) groups is 4. The van der Waals surface area contributed by atoms with Gasteiger partial charge in [-0.25, -0.2) is 4.39 Å². The number of ketones is 2. The van der Waals surface area contributed by atoms with Crippen molar-refractivity contribution in [3.63, 3.8) is 0 Å². The molecule has 38 heavy (non-hydrogen) atoms. The van der Waals surface area contributed by atoms with Crippen LogP contribution in [0.5, 0.6) is 5.75 Å². The Labute approximate surface area is 215 Å². The van der Waals surface area contributed by atoms with Gasteiger partial charge in [0, 0.05) is 23.1 Å². The third kappa shape index (κ3) is 3.61. The van der Waals surface area contributed by atoms with Crippen molar-refractivity contribution in [1.82, 2.24) is 4.90 Å². The second kappa shape index (κ2) is 8.89. The number of hydrogen-bond acceptors (Lipinski definition) is 10. The summed E-state index contributed by atoms with van der Waals surface area (Å²) in [6.07, 6.45) is 1.43. The molecule has 4 aliphatic rings. The van der Waals surface area contributed by atoms with E-state index in [2.05, 4.69) is 5.32 Å². The molecule has 1 aromatic carbocycles. The van der Waals surface area contributed by atoms with Crippen LogP contribution in [-0.4, -0.2) is 80.0 Å². The lowest BCUT2D eigenvalue weighted by Gasteiger charge is -2.48. The molecule has 0 spiro atoms. The molecule has 1 saturated heterocycles. The normalized spacial score (nSPS) is 29.2. The van der Waals surface area contributed by atoms with Crippen LogP contribution in [-0.2, 0) is 25.6 Å². The lowest BCUT2D eigenvalue weighted by molar-refractivity contribution is -0.149. The maximum atomic E-state index is 15.2. The standard InChI is InChI=1S/C25H27FN4O8/c26-12-7-13(29-14(31)8-30-3-1-2-4-30)19(32)16-10(12)5-9-6-11-18(27)21(34)17(24(28)37)23(36)25(11,38)22(35)15(9)20(16)33/h7,9,11,18,32-33,36,38H,1-6,8,27H2,(H2,28,37)(H,29,31)/t9-,11-,18+,25-/m0/s1.